The van der Waals surface area contributed by atoms with Gasteiger partial charge in [0, 0.05) is 23.7 Å². The van der Waals surface area contributed by atoms with Crippen molar-refractivity contribution in [3.63, 3.8) is 0 Å². The van der Waals surface area contributed by atoms with Crippen LogP contribution in [0.4, 0.5) is 15.8 Å². The fourth-order valence-electron chi connectivity index (χ4n) is 3.18. The van der Waals surface area contributed by atoms with Crippen LogP contribution in [-0.2, 0) is 11.2 Å². The predicted molar refractivity (Wildman–Crippen MR) is 101 cm³/mol. The lowest BCUT2D eigenvalue weighted by atomic mass is 9.98. The van der Waals surface area contributed by atoms with Gasteiger partial charge in [-0.05, 0) is 61.2 Å². The summed E-state index contributed by atoms with van der Waals surface area (Å²) in [7, 11) is 0. The molecule has 3 rings (SSSR count). The molecule has 0 saturated carbocycles. The lowest BCUT2D eigenvalue weighted by Crippen LogP contribution is -2.36. The standard InChI is InChI=1S/C21H23FN2O2/c1-13(2)20(25)23-17-8-6-15(7-9-17)21(26)24-10-4-5-16-11-14(3)12-18(22)19(16)24/h6-9,11-13H,4-5,10H2,1-3H3,(H,23,25). The van der Waals surface area contributed by atoms with Crippen LogP contribution in [-0.4, -0.2) is 18.4 Å². The Morgan fingerprint density at radius 1 is 1.15 bits per heavy atom. The van der Waals surface area contributed by atoms with Crippen LogP contribution in [0, 0.1) is 18.7 Å². The molecule has 5 heteroatoms. The smallest absolute Gasteiger partial charge is 0.258 e. The molecule has 1 heterocycles. The zero-order valence-corrected chi connectivity index (χ0v) is 15.3. The van der Waals surface area contributed by atoms with Crippen LogP contribution in [0.15, 0.2) is 36.4 Å². The molecule has 2 aromatic carbocycles. The first-order valence-electron chi connectivity index (χ1n) is 8.88. The fraction of sp³-hybridized carbons (Fsp3) is 0.333. The van der Waals surface area contributed by atoms with Crippen molar-refractivity contribution in [2.75, 3.05) is 16.8 Å². The highest BCUT2D eigenvalue weighted by Gasteiger charge is 2.27. The first-order chi connectivity index (χ1) is 12.4. The average molecular weight is 354 g/mol. The Labute approximate surface area is 153 Å². The Hall–Kier alpha value is -2.69. The SMILES string of the molecule is Cc1cc(F)c2c(c1)CCCN2C(=O)c1ccc(NC(=O)C(C)C)cc1. The maximum atomic E-state index is 14.5. The molecule has 1 aliphatic rings. The summed E-state index contributed by atoms with van der Waals surface area (Å²) in [5, 5.41) is 2.79. The number of hydrogen-bond donors (Lipinski definition) is 1. The summed E-state index contributed by atoms with van der Waals surface area (Å²) in [6, 6.07) is 10.1. The highest BCUT2D eigenvalue weighted by Crippen LogP contribution is 2.32. The van der Waals surface area contributed by atoms with Crippen LogP contribution >= 0.6 is 0 Å². The Morgan fingerprint density at radius 3 is 2.50 bits per heavy atom. The number of hydrogen-bond acceptors (Lipinski definition) is 2. The van der Waals surface area contributed by atoms with Gasteiger partial charge in [-0.2, -0.15) is 0 Å². The topological polar surface area (TPSA) is 49.4 Å². The number of nitrogens with one attached hydrogen (secondary N) is 1. The van der Waals surface area contributed by atoms with Gasteiger partial charge in [-0.15, -0.1) is 0 Å². The lowest BCUT2D eigenvalue weighted by molar-refractivity contribution is -0.118. The number of halogens is 1. The van der Waals surface area contributed by atoms with E-state index in [2.05, 4.69) is 5.32 Å². The van der Waals surface area contributed by atoms with Crippen molar-refractivity contribution in [3.05, 3.63) is 58.9 Å². The third-order valence-corrected chi connectivity index (χ3v) is 4.55. The number of amides is 2. The lowest BCUT2D eigenvalue weighted by Gasteiger charge is -2.30. The summed E-state index contributed by atoms with van der Waals surface area (Å²) < 4.78 is 14.5. The second kappa shape index (κ2) is 7.28. The van der Waals surface area contributed by atoms with E-state index >= 15 is 0 Å². The van der Waals surface area contributed by atoms with Crippen molar-refractivity contribution in [1.82, 2.24) is 0 Å². The number of carbonyl (C=O) groups is 2. The quantitative estimate of drug-likeness (QED) is 0.892. The van der Waals surface area contributed by atoms with Crippen molar-refractivity contribution in [3.8, 4) is 0 Å². The van der Waals surface area contributed by atoms with E-state index in [0.29, 0.717) is 23.5 Å². The summed E-state index contributed by atoms with van der Waals surface area (Å²) >= 11 is 0. The molecule has 26 heavy (non-hydrogen) atoms. The number of carbonyl (C=O) groups excluding carboxylic acids is 2. The van der Waals surface area contributed by atoms with Crippen LogP contribution < -0.4 is 10.2 Å². The first kappa shape index (κ1) is 18.1. The molecular formula is C21H23FN2O2. The van der Waals surface area contributed by atoms with Gasteiger partial charge < -0.3 is 10.2 Å². The number of benzene rings is 2. The monoisotopic (exact) mass is 354 g/mol. The molecule has 0 radical (unpaired) electrons. The Morgan fingerprint density at radius 2 is 1.85 bits per heavy atom. The summed E-state index contributed by atoms with van der Waals surface area (Å²) in [5.41, 5.74) is 3.24. The molecule has 0 fully saturated rings. The molecule has 0 aliphatic carbocycles. The van der Waals surface area contributed by atoms with Gasteiger partial charge >= 0.3 is 0 Å². The van der Waals surface area contributed by atoms with E-state index in [-0.39, 0.29) is 23.5 Å². The van der Waals surface area contributed by atoms with Gasteiger partial charge in [-0.3, -0.25) is 9.59 Å². The van der Waals surface area contributed by atoms with Crippen molar-refractivity contribution >= 4 is 23.2 Å². The second-order valence-electron chi connectivity index (χ2n) is 7.04. The number of aryl methyl sites for hydroxylation is 2. The molecule has 0 spiro atoms. The predicted octanol–water partition coefficient (Wildman–Crippen LogP) is 4.32. The molecule has 4 nitrogen and oxygen atoms in total. The van der Waals surface area contributed by atoms with Crippen LogP contribution in [0.25, 0.3) is 0 Å². The van der Waals surface area contributed by atoms with E-state index in [9.17, 15) is 14.0 Å². The maximum Gasteiger partial charge on any atom is 0.258 e. The molecule has 2 amide bonds. The van der Waals surface area contributed by atoms with Gasteiger partial charge in [0.1, 0.15) is 5.82 Å². The molecule has 0 saturated heterocycles. The van der Waals surface area contributed by atoms with E-state index in [4.69, 9.17) is 0 Å². The molecule has 1 aliphatic heterocycles. The molecule has 0 atom stereocenters. The summed E-state index contributed by atoms with van der Waals surface area (Å²) in [6.45, 7) is 5.99. The van der Waals surface area contributed by atoms with Crippen molar-refractivity contribution in [1.29, 1.82) is 0 Å². The average Bonchev–Trinajstić information content (AvgIpc) is 2.60. The second-order valence-corrected chi connectivity index (χ2v) is 7.04. The van der Waals surface area contributed by atoms with Gasteiger partial charge in [0.15, 0.2) is 0 Å². The highest BCUT2D eigenvalue weighted by molar-refractivity contribution is 6.07. The van der Waals surface area contributed by atoms with Crippen molar-refractivity contribution in [2.24, 2.45) is 5.92 Å². The third-order valence-electron chi connectivity index (χ3n) is 4.55. The van der Waals surface area contributed by atoms with Crippen LogP contribution in [0.2, 0.25) is 0 Å². The fourth-order valence-corrected chi connectivity index (χ4v) is 3.18. The first-order valence-corrected chi connectivity index (χ1v) is 8.88. The van der Waals surface area contributed by atoms with Gasteiger partial charge in [-0.1, -0.05) is 19.9 Å². The van der Waals surface area contributed by atoms with E-state index < -0.39 is 0 Å². The van der Waals surface area contributed by atoms with Crippen molar-refractivity contribution < 1.29 is 14.0 Å². The minimum Gasteiger partial charge on any atom is -0.326 e. The number of fused-ring (bicyclic) bond motifs is 1. The molecule has 0 unspecified atom stereocenters. The van der Waals surface area contributed by atoms with Gasteiger partial charge in [-0.25, -0.2) is 4.39 Å². The van der Waals surface area contributed by atoms with Crippen LogP contribution in [0.3, 0.4) is 0 Å². The molecular weight excluding hydrogens is 331 g/mol. The third kappa shape index (κ3) is 3.62. The van der Waals surface area contributed by atoms with Crippen LogP contribution in [0.5, 0.6) is 0 Å². The minimum absolute atomic E-state index is 0.0773. The maximum absolute atomic E-state index is 14.5. The zero-order chi connectivity index (χ0) is 18.8. The Kier molecular flexibility index (Phi) is 5.07. The largest absolute Gasteiger partial charge is 0.326 e. The molecule has 136 valence electrons. The van der Waals surface area contributed by atoms with Gasteiger partial charge in [0.05, 0.1) is 5.69 Å². The molecule has 2 aromatic rings. The summed E-state index contributed by atoms with van der Waals surface area (Å²) in [6.07, 6.45) is 1.59. The zero-order valence-electron chi connectivity index (χ0n) is 15.3. The Bertz CT molecular complexity index is 844. The number of anilines is 2. The normalized spacial score (nSPS) is 13.5. The molecule has 0 bridgehead atoms. The number of nitrogens with zero attached hydrogens (tertiary/aromatic N) is 1. The highest BCUT2D eigenvalue weighted by atomic mass is 19.1. The van der Waals surface area contributed by atoms with E-state index in [1.807, 2.05) is 26.8 Å². The van der Waals surface area contributed by atoms with Crippen LogP contribution in [0.1, 0.15) is 41.8 Å². The summed E-state index contributed by atoms with van der Waals surface area (Å²) in [5.74, 6) is -0.775. The van der Waals surface area contributed by atoms with E-state index in [1.165, 1.54) is 11.0 Å². The minimum atomic E-state index is -0.353. The Balaban J connectivity index is 1.84. The van der Waals surface area contributed by atoms with Gasteiger partial charge in [0.25, 0.3) is 5.91 Å². The summed E-state index contributed by atoms with van der Waals surface area (Å²) in [4.78, 5) is 26.2. The van der Waals surface area contributed by atoms with Gasteiger partial charge in [0.2, 0.25) is 5.91 Å². The van der Waals surface area contributed by atoms with Crippen molar-refractivity contribution in [2.45, 2.75) is 33.6 Å². The number of rotatable bonds is 3. The van der Waals surface area contributed by atoms with E-state index in [0.717, 1.165) is 24.0 Å². The van der Waals surface area contributed by atoms with E-state index in [1.54, 1.807) is 24.3 Å². The molecule has 1 N–H and O–H groups in total. The molecule has 0 aromatic heterocycles.